The molecule has 0 aliphatic rings. The molecule has 0 aliphatic carbocycles. The first-order chi connectivity index (χ1) is 17.4. The molecule has 0 radical (unpaired) electrons. The number of hydrogen-bond donors (Lipinski definition) is 0. The molecule has 0 unspecified atom stereocenters. The van der Waals surface area contributed by atoms with Gasteiger partial charge in [-0.05, 0) is 33.5 Å². The maximum atomic E-state index is 7.56. The van der Waals surface area contributed by atoms with E-state index in [9.17, 15) is 0 Å². The van der Waals surface area contributed by atoms with E-state index in [-0.39, 0.29) is 22.3 Å². The third kappa shape index (κ3) is 8.40. The zero-order valence-electron chi connectivity index (χ0n) is 25.9. The summed E-state index contributed by atoms with van der Waals surface area (Å²) in [6.45, 7) is 29.6. The van der Waals surface area contributed by atoms with Gasteiger partial charge in [0, 0.05) is 12.8 Å². The van der Waals surface area contributed by atoms with E-state index >= 15 is 0 Å². The zero-order valence-corrected chi connectivity index (χ0v) is 28.9. The fourth-order valence-corrected chi connectivity index (χ4v) is 11.2. The van der Waals surface area contributed by atoms with Gasteiger partial charge in [0.25, 0.3) is 8.32 Å². The normalized spacial score (nSPS) is 14.8. The lowest BCUT2D eigenvalue weighted by Crippen LogP contribution is -2.67. The van der Waals surface area contributed by atoms with Crippen molar-refractivity contribution in [2.24, 2.45) is 0 Å². The molecule has 0 saturated heterocycles. The Balaban J connectivity index is 2.64. The van der Waals surface area contributed by atoms with E-state index in [2.05, 4.69) is 153 Å². The van der Waals surface area contributed by atoms with Crippen LogP contribution in [0.5, 0.6) is 0 Å². The maximum absolute atomic E-state index is 7.56. The summed E-state index contributed by atoms with van der Waals surface area (Å²) in [5.41, 5.74) is 3.59. The quantitative estimate of drug-likeness (QED) is 0.165. The smallest absolute Gasteiger partial charge is 0.261 e. The van der Waals surface area contributed by atoms with Gasteiger partial charge in [-0.25, -0.2) is 0 Å². The minimum atomic E-state index is -2.72. The van der Waals surface area contributed by atoms with Gasteiger partial charge in [0.15, 0.2) is 8.32 Å². The van der Waals surface area contributed by atoms with E-state index in [0.29, 0.717) is 6.42 Å². The second-order valence-electron chi connectivity index (χ2n) is 14.0. The van der Waals surface area contributed by atoms with Crippen molar-refractivity contribution in [2.45, 2.75) is 109 Å². The van der Waals surface area contributed by atoms with Gasteiger partial charge in [0.2, 0.25) is 0 Å². The summed E-state index contributed by atoms with van der Waals surface area (Å²) in [6, 6.07) is 21.8. The molecule has 2 aromatic carbocycles. The van der Waals surface area contributed by atoms with Crippen LogP contribution in [-0.2, 0) is 8.85 Å². The minimum absolute atomic E-state index is 0.0714. The standard InChI is InChI=1S/C33H52O2Si3/c1-13-28(34-37(11,12)32(2,3)4)27-29(21-20-26-36(8,9)10)35-38(33(5,6)7,30-22-16-14-17-23-30)31-24-18-15-19-25-31/h13-19,22-25,28-29H,1,21,27H2,2-12H3/t28-,29-/m1/s1. The van der Waals surface area contributed by atoms with Crippen LogP contribution in [-0.4, -0.2) is 36.9 Å². The Labute approximate surface area is 237 Å². The van der Waals surface area contributed by atoms with Crippen LogP contribution in [0.3, 0.4) is 0 Å². The first-order valence-corrected chi connectivity index (χ1v) is 22.3. The van der Waals surface area contributed by atoms with Crippen molar-refractivity contribution in [3.63, 3.8) is 0 Å². The molecule has 208 valence electrons. The maximum Gasteiger partial charge on any atom is 0.261 e. The fraction of sp³-hybridized carbons (Fsp3) is 0.515. The Kier molecular flexibility index (Phi) is 10.8. The van der Waals surface area contributed by atoms with Crippen LogP contribution in [0.15, 0.2) is 73.3 Å². The zero-order chi connectivity index (χ0) is 28.8. The van der Waals surface area contributed by atoms with Crippen LogP contribution in [0.25, 0.3) is 0 Å². The van der Waals surface area contributed by atoms with E-state index < -0.39 is 24.7 Å². The van der Waals surface area contributed by atoms with E-state index in [4.69, 9.17) is 8.85 Å². The van der Waals surface area contributed by atoms with Gasteiger partial charge in [-0.15, -0.1) is 18.0 Å². The summed E-state index contributed by atoms with van der Waals surface area (Å²) in [4.78, 5) is 0. The highest BCUT2D eigenvalue weighted by molar-refractivity contribution is 6.99. The predicted octanol–water partition coefficient (Wildman–Crippen LogP) is 8.17. The molecule has 0 aromatic heterocycles. The second-order valence-corrected chi connectivity index (χ2v) is 27.8. The van der Waals surface area contributed by atoms with Gasteiger partial charge in [0.1, 0.15) is 8.07 Å². The highest BCUT2D eigenvalue weighted by Crippen LogP contribution is 2.40. The Morgan fingerprint density at radius 2 is 1.24 bits per heavy atom. The van der Waals surface area contributed by atoms with Crippen LogP contribution in [0.1, 0.15) is 54.4 Å². The molecule has 0 bridgehead atoms. The Hall–Kier alpha value is -1.69. The van der Waals surface area contributed by atoms with Crippen LogP contribution in [0.2, 0.25) is 42.8 Å². The van der Waals surface area contributed by atoms with Crippen molar-refractivity contribution in [1.29, 1.82) is 0 Å². The molecule has 38 heavy (non-hydrogen) atoms. The topological polar surface area (TPSA) is 18.5 Å². The lowest BCUT2D eigenvalue weighted by Gasteiger charge is -2.46. The number of rotatable bonds is 10. The Morgan fingerprint density at radius 1 is 0.763 bits per heavy atom. The average molecular weight is 565 g/mol. The summed E-state index contributed by atoms with van der Waals surface area (Å²) in [7, 11) is -6.21. The van der Waals surface area contributed by atoms with Gasteiger partial charge in [-0.2, -0.15) is 0 Å². The van der Waals surface area contributed by atoms with Crippen LogP contribution >= 0.6 is 0 Å². The lowest BCUT2D eigenvalue weighted by molar-refractivity contribution is 0.121. The molecule has 0 amide bonds. The summed E-state index contributed by atoms with van der Waals surface area (Å²) in [6.07, 6.45) is 3.28. The molecule has 5 heteroatoms. The third-order valence-corrected chi connectivity index (χ3v) is 18.1. The van der Waals surface area contributed by atoms with E-state index in [1.807, 2.05) is 6.08 Å². The molecule has 2 atom stereocenters. The Bertz CT molecular complexity index is 1040. The monoisotopic (exact) mass is 564 g/mol. The predicted molar refractivity (Wildman–Crippen MR) is 175 cm³/mol. The van der Waals surface area contributed by atoms with Crippen molar-refractivity contribution in [3.8, 4) is 11.5 Å². The summed E-state index contributed by atoms with van der Waals surface area (Å²) < 4.78 is 14.4. The molecule has 0 saturated carbocycles. The van der Waals surface area contributed by atoms with E-state index in [1.54, 1.807) is 0 Å². The molecule has 0 fully saturated rings. The summed E-state index contributed by atoms with van der Waals surface area (Å²) in [5.74, 6) is 3.56. The average Bonchev–Trinajstić information content (AvgIpc) is 2.80. The molecule has 2 aromatic rings. The Morgan fingerprint density at radius 3 is 1.61 bits per heavy atom. The molecule has 2 nitrogen and oxygen atoms in total. The first-order valence-electron chi connectivity index (χ1n) is 14.0. The van der Waals surface area contributed by atoms with E-state index in [1.165, 1.54) is 10.4 Å². The van der Waals surface area contributed by atoms with Crippen LogP contribution in [0.4, 0.5) is 0 Å². The van der Waals surface area contributed by atoms with Gasteiger partial charge in [0.05, 0.1) is 12.2 Å². The molecular weight excluding hydrogens is 513 g/mol. The fourth-order valence-electron chi connectivity index (χ4n) is 4.55. The molecular formula is C33H52O2Si3. The third-order valence-electron chi connectivity index (χ3n) is 7.56. The van der Waals surface area contributed by atoms with E-state index in [0.717, 1.165) is 6.42 Å². The van der Waals surface area contributed by atoms with Gasteiger partial charge in [-0.1, -0.05) is 128 Å². The van der Waals surface area contributed by atoms with Crippen LogP contribution < -0.4 is 10.4 Å². The number of benzene rings is 2. The summed E-state index contributed by atoms with van der Waals surface area (Å²) in [5, 5.41) is 2.62. The molecule has 0 heterocycles. The van der Waals surface area contributed by atoms with Gasteiger partial charge >= 0.3 is 0 Å². The highest BCUT2D eigenvalue weighted by Gasteiger charge is 2.51. The second kappa shape index (κ2) is 12.7. The van der Waals surface area contributed by atoms with Crippen molar-refractivity contribution in [1.82, 2.24) is 0 Å². The van der Waals surface area contributed by atoms with Crippen molar-refractivity contribution in [3.05, 3.63) is 73.3 Å². The number of hydrogen-bond acceptors (Lipinski definition) is 2. The lowest BCUT2D eigenvalue weighted by atomic mass is 10.1. The SMILES string of the molecule is C=C[C@H](C[C@@H](CC#C[Si](C)(C)C)O[Si](c1ccccc1)(c1ccccc1)C(C)(C)C)O[Si](C)(C)C(C)(C)C. The molecule has 0 aliphatic heterocycles. The molecule has 0 spiro atoms. The van der Waals surface area contributed by atoms with Gasteiger partial charge < -0.3 is 8.85 Å². The van der Waals surface area contributed by atoms with Crippen LogP contribution in [0, 0.1) is 11.5 Å². The van der Waals surface area contributed by atoms with Crippen molar-refractivity contribution < 1.29 is 8.85 Å². The first kappa shape index (κ1) is 32.5. The molecule has 2 rings (SSSR count). The molecule has 0 N–H and O–H groups in total. The van der Waals surface area contributed by atoms with Crippen molar-refractivity contribution in [2.75, 3.05) is 0 Å². The van der Waals surface area contributed by atoms with Crippen molar-refractivity contribution >= 4 is 35.1 Å². The summed E-state index contributed by atoms with van der Waals surface area (Å²) >= 11 is 0. The highest BCUT2D eigenvalue weighted by atomic mass is 28.4. The largest absolute Gasteiger partial charge is 0.410 e. The van der Waals surface area contributed by atoms with Gasteiger partial charge in [-0.3, -0.25) is 0 Å². The minimum Gasteiger partial charge on any atom is -0.410 e.